The standard InChI is InChI=1S/C36H45ClF2N4O5S/c1-21-6-5-8-31(47-2)27-13-10-25(27)20-43-19-24-9-12-26(37)16-22(24)7-3-4-15-48-32-14-11-23(17-30(32)43)34(44)42-49(46)35(21)41-36(45)40-29-18-28(29)33(38)39/h5,8-9,11-12,14,16-17,21,25,27-29,31,33,35,49H,3-4,6-7,10,13,15,18-20H2,1-2H3,(H2,40,41,45)/b8-5+/t21-,25-,27+,28+,29+,31-,35?/m0/s1. The molecule has 266 valence electrons. The van der Waals surface area contributed by atoms with Crippen LogP contribution in [0.15, 0.2) is 52.9 Å². The zero-order valence-corrected chi connectivity index (χ0v) is 29.5. The van der Waals surface area contributed by atoms with Gasteiger partial charge in [0.05, 0.1) is 29.0 Å². The fourth-order valence-corrected chi connectivity index (χ4v) is 8.57. The molecule has 2 unspecified atom stereocenters. The van der Waals surface area contributed by atoms with Gasteiger partial charge in [-0.2, -0.15) is 4.36 Å². The van der Waals surface area contributed by atoms with Gasteiger partial charge in [0.2, 0.25) is 6.43 Å². The first kappa shape index (κ1) is 35.6. The maximum absolute atomic E-state index is 13.7. The summed E-state index contributed by atoms with van der Waals surface area (Å²) in [5.41, 5.74) is 3.35. The van der Waals surface area contributed by atoms with Gasteiger partial charge < -0.3 is 25.0 Å². The molecule has 0 spiro atoms. The largest absolute Gasteiger partial charge is 0.491 e. The van der Waals surface area contributed by atoms with Gasteiger partial charge in [0.15, 0.2) is 0 Å². The molecule has 3 amide bonds. The predicted octanol–water partition coefficient (Wildman–Crippen LogP) is 6.78. The second kappa shape index (κ2) is 15.8. The summed E-state index contributed by atoms with van der Waals surface area (Å²) in [5.74, 6) is -0.729. The molecule has 2 aliphatic carbocycles. The minimum Gasteiger partial charge on any atom is -0.491 e. The second-order valence-electron chi connectivity index (χ2n) is 13.7. The van der Waals surface area contributed by atoms with Crippen molar-refractivity contribution in [2.75, 3.05) is 25.2 Å². The Bertz CT molecular complexity index is 1650. The fraction of sp³-hybridized carbons (Fsp3) is 0.556. The summed E-state index contributed by atoms with van der Waals surface area (Å²) >= 11 is 6.43. The molecule has 2 bridgehead atoms. The molecule has 6 rings (SSSR count). The molecule has 2 aromatic rings. The van der Waals surface area contributed by atoms with Gasteiger partial charge in [0.1, 0.15) is 11.1 Å². The van der Waals surface area contributed by atoms with Gasteiger partial charge in [-0.1, -0.05) is 36.7 Å². The number of benzene rings is 2. The number of rotatable bonds is 4. The molecule has 8 atom stereocenters. The number of urea groups is 1. The summed E-state index contributed by atoms with van der Waals surface area (Å²) in [6.07, 6.45) is 6.62. The summed E-state index contributed by atoms with van der Waals surface area (Å²) in [4.78, 5) is 28.8. The molecule has 0 aromatic heterocycles. The quantitative estimate of drug-likeness (QED) is 0.238. The first-order valence-electron chi connectivity index (χ1n) is 17.2. The van der Waals surface area contributed by atoms with Crippen LogP contribution < -0.4 is 20.3 Å². The lowest BCUT2D eigenvalue weighted by molar-refractivity contribution is 0.0133. The van der Waals surface area contributed by atoms with Crippen molar-refractivity contribution >= 4 is 39.8 Å². The molecule has 13 heteroatoms. The molecule has 49 heavy (non-hydrogen) atoms. The molecule has 2 saturated carbocycles. The van der Waals surface area contributed by atoms with Crippen molar-refractivity contribution in [3.05, 3.63) is 70.3 Å². The maximum Gasteiger partial charge on any atom is 0.316 e. The molecular weight excluding hydrogens is 674 g/mol. The van der Waals surface area contributed by atoms with E-state index in [0.717, 1.165) is 43.4 Å². The molecule has 0 saturated heterocycles. The number of alkyl halides is 2. The average Bonchev–Trinajstić information content (AvgIpc) is 3.84. The number of allylic oxidation sites excluding steroid dienone is 1. The second-order valence-corrected chi connectivity index (χ2v) is 15.5. The monoisotopic (exact) mass is 718 g/mol. The van der Waals surface area contributed by atoms with Crippen molar-refractivity contribution in [3.63, 3.8) is 0 Å². The summed E-state index contributed by atoms with van der Waals surface area (Å²) in [6.45, 7) is 3.62. The number of halogens is 3. The topological polar surface area (TPSA) is 109 Å². The number of ether oxygens (including phenoxy) is 2. The van der Waals surface area contributed by atoms with E-state index in [9.17, 15) is 22.6 Å². The number of anilines is 1. The van der Waals surface area contributed by atoms with Gasteiger partial charge in [0.25, 0.3) is 5.91 Å². The summed E-state index contributed by atoms with van der Waals surface area (Å²) in [5, 5.41) is 4.92. The van der Waals surface area contributed by atoms with Crippen LogP contribution in [-0.2, 0) is 28.3 Å². The Kier molecular flexibility index (Phi) is 11.5. The zero-order chi connectivity index (χ0) is 34.7. The van der Waals surface area contributed by atoms with E-state index in [0.29, 0.717) is 42.8 Å². The third-order valence-electron chi connectivity index (χ3n) is 10.4. The Hall–Kier alpha value is -3.22. The van der Waals surface area contributed by atoms with E-state index in [4.69, 9.17) is 21.1 Å². The van der Waals surface area contributed by atoms with E-state index in [1.165, 1.54) is 5.56 Å². The Labute approximate surface area is 293 Å². The van der Waals surface area contributed by atoms with Crippen molar-refractivity contribution in [2.24, 2.45) is 28.0 Å². The van der Waals surface area contributed by atoms with E-state index >= 15 is 0 Å². The molecule has 4 aliphatic rings. The molecule has 2 N–H and O–H groups in total. The number of fused-ring (bicyclic) bond motifs is 3. The third-order valence-corrected chi connectivity index (χ3v) is 12.1. The predicted molar refractivity (Wildman–Crippen MR) is 187 cm³/mol. The lowest BCUT2D eigenvalue weighted by Gasteiger charge is -2.43. The number of hydrogen-bond donors (Lipinski definition) is 3. The Balaban J connectivity index is 1.37. The van der Waals surface area contributed by atoms with Gasteiger partial charge in [-0.05, 0) is 104 Å². The SMILES string of the molecule is CO[C@H]1/C=C/C[C@H](C)C(NC(=O)N[C@@H]2C[C@H]2C(F)F)/[SH](=O)=N\C(=O)c2ccc3c(c2)N(Cc2ccc(Cl)cc2CCCCO3)C[C@@H]2CC[C@H]21. The lowest BCUT2D eigenvalue weighted by Crippen LogP contribution is -2.47. The van der Waals surface area contributed by atoms with Gasteiger partial charge in [-0.15, -0.1) is 0 Å². The van der Waals surface area contributed by atoms with Crippen LogP contribution in [0.2, 0.25) is 5.02 Å². The molecule has 2 fully saturated rings. The number of hydrogen-bond acceptors (Lipinski definition) is 6. The van der Waals surface area contributed by atoms with E-state index in [1.54, 1.807) is 25.3 Å². The smallest absolute Gasteiger partial charge is 0.316 e. The highest BCUT2D eigenvalue weighted by Crippen LogP contribution is 2.42. The molecule has 2 aliphatic heterocycles. The van der Waals surface area contributed by atoms with Crippen molar-refractivity contribution in [1.29, 1.82) is 0 Å². The van der Waals surface area contributed by atoms with Gasteiger partial charge in [-0.3, -0.25) is 9.00 Å². The number of aryl methyl sites for hydroxylation is 1. The van der Waals surface area contributed by atoms with E-state index in [1.807, 2.05) is 31.2 Å². The summed E-state index contributed by atoms with van der Waals surface area (Å²) < 4.78 is 56.3. The maximum atomic E-state index is 13.7. The molecule has 9 nitrogen and oxygen atoms in total. The first-order chi connectivity index (χ1) is 23.6. The average molecular weight is 719 g/mol. The van der Waals surface area contributed by atoms with Crippen LogP contribution in [0, 0.1) is 23.7 Å². The highest BCUT2D eigenvalue weighted by molar-refractivity contribution is 7.76. The van der Waals surface area contributed by atoms with Crippen LogP contribution >= 0.6 is 11.6 Å². The van der Waals surface area contributed by atoms with Gasteiger partial charge in [0, 0.05) is 42.7 Å². The minimum atomic E-state index is -2.64. The van der Waals surface area contributed by atoms with Crippen LogP contribution in [0.3, 0.4) is 0 Å². The number of nitrogens with one attached hydrogen (secondary N) is 2. The van der Waals surface area contributed by atoms with Crippen LogP contribution in [0.25, 0.3) is 0 Å². The minimum absolute atomic E-state index is 0.146. The van der Waals surface area contributed by atoms with Crippen molar-refractivity contribution < 1.29 is 32.1 Å². The Morgan fingerprint density at radius 3 is 2.71 bits per heavy atom. The fourth-order valence-electron chi connectivity index (χ4n) is 7.17. The van der Waals surface area contributed by atoms with Crippen molar-refractivity contribution in [2.45, 2.75) is 82.4 Å². The number of thiol groups is 1. The number of nitrogens with zero attached hydrogens (tertiary/aromatic N) is 2. The summed E-state index contributed by atoms with van der Waals surface area (Å²) in [6, 6.07) is 9.84. The summed E-state index contributed by atoms with van der Waals surface area (Å²) in [7, 11) is -0.931. The van der Waals surface area contributed by atoms with Crippen LogP contribution in [0.1, 0.15) is 66.9 Å². The number of carbonyl (C=O) groups excluding carboxylic acids is 2. The molecule has 0 radical (unpaired) electrons. The number of carbonyl (C=O) groups is 2. The van der Waals surface area contributed by atoms with Crippen LogP contribution in [0.4, 0.5) is 19.3 Å². The van der Waals surface area contributed by atoms with E-state index in [2.05, 4.69) is 26.0 Å². The van der Waals surface area contributed by atoms with Gasteiger partial charge in [-0.25, -0.2) is 13.6 Å². The number of methoxy groups -OCH3 is 1. The molecule has 2 heterocycles. The highest BCUT2D eigenvalue weighted by atomic mass is 35.5. The van der Waals surface area contributed by atoms with Crippen LogP contribution in [0.5, 0.6) is 5.75 Å². The third kappa shape index (κ3) is 8.57. The highest BCUT2D eigenvalue weighted by Gasteiger charge is 2.45. The van der Waals surface area contributed by atoms with Gasteiger partial charge >= 0.3 is 6.03 Å². The van der Waals surface area contributed by atoms with Crippen LogP contribution in [-0.4, -0.2) is 60.4 Å². The van der Waals surface area contributed by atoms with E-state index < -0.39 is 46.3 Å². The van der Waals surface area contributed by atoms with E-state index in [-0.39, 0.29) is 29.9 Å². The first-order valence-corrected chi connectivity index (χ1v) is 18.8. The Morgan fingerprint density at radius 1 is 1.14 bits per heavy atom. The van der Waals surface area contributed by atoms with Crippen molar-refractivity contribution in [3.8, 4) is 5.75 Å². The van der Waals surface area contributed by atoms with Crippen molar-refractivity contribution in [1.82, 2.24) is 10.6 Å². The number of amides is 3. The molecular formula is C36H45ClF2N4O5S. The normalized spacial score (nSPS) is 31.4. The molecule has 2 aromatic carbocycles. The Morgan fingerprint density at radius 2 is 1.98 bits per heavy atom. The lowest BCUT2D eigenvalue weighted by atomic mass is 9.70. The zero-order valence-electron chi connectivity index (χ0n) is 27.8.